The molecule has 1 N–H and O–H groups in total. The van der Waals surface area contributed by atoms with E-state index < -0.39 is 0 Å². The third kappa shape index (κ3) is 1.72. The van der Waals surface area contributed by atoms with E-state index in [-0.39, 0.29) is 11.4 Å². The Bertz CT molecular complexity index is 370. The van der Waals surface area contributed by atoms with Crippen molar-refractivity contribution in [3.63, 3.8) is 0 Å². The minimum Gasteiger partial charge on any atom is -0.377 e. The Morgan fingerprint density at radius 1 is 1.33 bits per heavy atom. The van der Waals surface area contributed by atoms with Crippen molar-refractivity contribution in [1.29, 1.82) is 0 Å². The first kappa shape index (κ1) is 10.4. The summed E-state index contributed by atoms with van der Waals surface area (Å²) in [7, 11) is 5.86. The number of benzene rings is 1. The molecule has 1 aromatic rings. The van der Waals surface area contributed by atoms with Gasteiger partial charge in [-0.2, -0.15) is 0 Å². The maximum absolute atomic E-state index is 13.2. The Kier molecular flexibility index (Phi) is 2.43. The molecule has 82 valence electrons. The van der Waals surface area contributed by atoms with E-state index in [0.717, 1.165) is 18.5 Å². The molecular formula is C12H17FN2. The molecule has 0 bridgehead atoms. The minimum atomic E-state index is -0.172. The smallest absolute Gasteiger partial charge is 0.125 e. The second-order valence-corrected chi connectivity index (χ2v) is 4.39. The fourth-order valence-electron chi connectivity index (χ4n) is 2.06. The molecule has 0 spiro atoms. The maximum atomic E-state index is 13.2. The Labute approximate surface area is 90.1 Å². The molecule has 2 rings (SSSR count). The molecule has 0 heterocycles. The van der Waals surface area contributed by atoms with E-state index in [0.29, 0.717) is 0 Å². The van der Waals surface area contributed by atoms with Crippen LogP contribution in [0.4, 0.5) is 10.1 Å². The van der Waals surface area contributed by atoms with Gasteiger partial charge in [-0.3, -0.25) is 0 Å². The lowest BCUT2D eigenvalue weighted by atomic mass is 10.0. The van der Waals surface area contributed by atoms with Crippen molar-refractivity contribution < 1.29 is 4.39 Å². The van der Waals surface area contributed by atoms with Crippen molar-refractivity contribution in [1.82, 2.24) is 5.32 Å². The molecule has 1 fully saturated rings. The normalized spacial score (nSPS) is 17.6. The predicted molar refractivity (Wildman–Crippen MR) is 60.7 cm³/mol. The van der Waals surface area contributed by atoms with E-state index >= 15 is 0 Å². The highest BCUT2D eigenvalue weighted by atomic mass is 19.1. The van der Waals surface area contributed by atoms with Crippen LogP contribution in [0.1, 0.15) is 18.4 Å². The van der Waals surface area contributed by atoms with Gasteiger partial charge >= 0.3 is 0 Å². The quantitative estimate of drug-likeness (QED) is 0.818. The summed E-state index contributed by atoms with van der Waals surface area (Å²) in [6.45, 7) is 0. The Balaban J connectivity index is 2.47. The molecule has 0 unspecified atom stereocenters. The van der Waals surface area contributed by atoms with Crippen LogP contribution in [-0.2, 0) is 5.54 Å². The molecule has 0 saturated heterocycles. The summed E-state index contributed by atoms with van der Waals surface area (Å²) >= 11 is 0. The number of anilines is 1. The molecule has 0 aliphatic heterocycles. The zero-order valence-electron chi connectivity index (χ0n) is 9.47. The predicted octanol–water partition coefficient (Wildman–Crippen LogP) is 2.10. The van der Waals surface area contributed by atoms with Crippen molar-refractivity contribution >= 4 is 5.69 Å². The lowest BCUT2D eigenvalue weighted by Crippen LogP contribution is -2.27. The molecule has 1 aliphatic rings. The van der Waals surface area contributed by atoms with Gasteiger partial charge in [-0.15, -0.1) is 0 Å². The van der Waals surface area contributed by atoms with Crippen LogP contribution in [0.5, 0.6) is 0 Å². The molecule has 0 aromatic heterocycles. The van der Waals surface area contributed by atoms with Crippen molar-refractivity contribution in [3.8, 4) is 0 Å². The van der Waals surface area contributed by atoms with Gasteiger partial charge in [0.1, 0.15) is 5.82 Å². The summed E-state index contributed by atoms with van der Waals surface area (Å²) in [5.41, 5.74) is 2.27. The number of hydrogen-bond donors (Lipinski definition) is 1. The molecule has 15 heavy (non-hydrogen) atoms. The van der Waals surface area contributed by atoms with Gasteiger partial charge in [0.15, 0.2) is 0 Å². The highest BCUT2D eigenvalue weighted by Gasteiger charge is 2.44. The van der Waals surface area contributed by atoms with Crippen LogP contribution in [0.25, 0.3) is 0 Å². The molecule has 0 atom stereocenters. The SMILES string of the molecule is CNC1(c2ccc(F)cc2N(C)C)CC1. The third-order valence-electron chi connectivity index (χ3n) is 3.19. The standard InChI is InChI=1S/C12H17FN2/c1-14-12(6-7-12)10-5-4-9(13)8-11(10)15(2)3/h4-5,8,14H,6-7H2,1-3H3. The summed E-state index contributed by atoms with van der Waals surface area (Å²) in [6.07, 6.45) is 2.27. The van der Waals surface area contributed by atoms with Gasteiger partial charge in [0, 0.05) is 25.3 Å². The van der Waals surface area contributed by atoms with Crippen LogP contribution in [0.3, 0.4) is 0 Å². The second-order valence-electron chi connectivity index (χ2n) is 4.39. The maximum Gasteiger partial charge on any atom is 0.125 e. The minimum absolute atomic E-state index is 0.0906. The van der Waals surface area contributed by atoms with Crippen LogP contribution < -0.4 is 10.2 Å². The highest BCUT2D eigenvalue weighted by molar-refractivity contribution is 5.57. The van der Waals surface area contributed by atoms with Gasteiger partial charge in [-0.05, 0) is 37.6 Å². The van der Waals surface area contributed by atoms with Crippen LogP contribution >= 0.6 is 0 Å². The Morgan fingerprint density at radius 3 is 2.47 bits per heavy atom. The summed E-state index contributed by atoms with van der Waals surface area (Å²) in [5.74, 6) is -0.172. The van der Waals surface area contributed by atoms with Crippen LogP contribution in [0, 0.1) is 5.82 Å². The summed E-state index contributed by atoms with van der Waals surface area (Å²) in [6, 6.07) is 5.04. The van der Waals surface area contributed by atoms with Crippen molar-refractivity contribution in [3.05, 3.63) is 29.6 Å². The van der Waals surface area contributed by atoms with E-state index in [4.69, 9.17) is 0 Å². The molecule has 0 radical (unpaired) electrons. The van der Waals surface area contributed by atoms with E-state index in [2.05, 4.69) is 5.32 Å². The van der Waals surface area contributed by atoms with Gasteiger partial charge in [0.2, 0.25) is 0 Å². The first-order valence-corrected chi connectivity index (χ1v) is 5.25. The molecule has 1 aromatic carbocycles. The highest BCUT2D eigenvalue weighted by Crippen LogP contribution is 2.48. The molecular weight excluding hydrogens is 191 g/mol. The largest absolute Gasteiger partial charge is 0.377 e. The van der Waals surface area contributed by atoms with Gasteiger partial charge in [0.25, 0.3) is 0 Å². The fraction of sp³-hybridized carbons (Fsp3) is 0.500. The molecule has 1 saturated carbocycles. The van der Waals surface area contributed by atoms with Crippen LogP contribution in [0.2, 0.25) is 0 Å². The topological polar surface area (TPSA) is 15.3 Å². The van der Waals surface area contributed by atoms with Gasteiger partial charge in [0.05, 0.1) is 0 Å². The zero-order chi connectivity index (χ0) is 11.1. The molecule has 3 heteroatoms. The third-order valence-corrected chi connectivity index (χ3v) is 3.19. The Hall–Kier alpha value is -1.09. The summed E-state index contributed by atoms with van der Waals surface area (Å²) < 4.78 is 13.2. The van der Waals surface area contributed by atoms with E-state index in [9.17, 15) is 4.39 Å². The zero-order valence-corrected chi connectivity index (χ0v) is 9.47. The molecule has 1 aliphatic carbocycles. The van der Waals surface area contributed by atoms with Crippen LogP contribution in [0.15, 0.2) is 18.2 Å². The fourth-order valence-corrected chi connectivity index (χ4v) is 2.06. The molecule has 2 nitrogen and oxygen atoms in total. The van der Waals surface area contributed by atoms with E-state index in [1.165, 1.54) is 5.56 Å². The molecule has 0 amide bonds. The second kappa shape index (κ2) is 3.49. The van der Waals surface area contributed by atoms with E-state index in [1.54, 1.807) is 12.1 Å². The van der Waals surface area contributed by atoms with Crippen molar-refractivity contribution in [2.75, 3.05) is 26.0 Å². The first-order chi connectivity index (χ1) is 7.09. The monoisotopic (exact) mass is 208 g/mol. The lowest BCUT2D eigenvalue weighted by molar-refractivity contribution is 0.579. The number of nitrogens with zero attached hydrogens (tertiary/aromatic N) is 1. The average Bonchev–Trinajstić information content (AvgIpc) is 2.98. The number of hydrogen-bond acceptors (Lipinski definition) is 2. The average molecular weight is 208 g/mol. The van der Waals surface area contributed by atoms with Crippen LogP contribution in [-0.4, -0.2) is 21.1 Å². The van der Waals surface area contributed by atoms with Gasteiger partial charge in [-0.1, -0.05) is 6.07 Å². The number of nitrogens with one attached hydrogen (secondary N) is 1. The number of rotatable bonds is 3. The number of halogens is 1. The Morgan fingerprint density at radius 2 is 2.00 bits per heavy atom. The van der Waals surface area contributed by atoms with Crippen molar-refractivity contribution in [2.45, 2.75) is 18.4 Å². The van der Waals surface area contributed by atoms with Gasteiger partial charge in [-0.25, -0.2) is 4.39 Å². The van der Waals surface area contributed by atoms with E-state index in [1.807, 2.05) is 32.1 Å². The van der Waals surface area contributed by atoms with Gasteiger partial charge < -0.3 is 10.2 Å². The first-order valence-electron chi connectivity index (χ1n) is 5.25. The van der Waals surface area contributed by atoms with Crippen molar-refractivity contribution in [2.24, 2.45) is 0 Å². The summed E-state index contributed by atoms with van der Waals surface area (Å²) in [4.78, 5) is 1.97. The lowest BCUT2D eigenvalue weighted by Gasteiger charge is -2.23. The summed E-state index contributed by atoms with van der Waals surface area (Å²) in [5, 5.41) is 3.33.